The minimum atomic E-state index is -0.568. The second-order valence-corrected chi connectivity index (χ2v) is 14.6. The van der Waals surface area contributed by atoms with Crippen LogP contribution in [-0.4, -0.2) is 15.4 Å². The number of halogens is 7. The Labute approximate surface area is 267 Å². The van der Waals surface area contributed by atoms with Gasteiger partial charge in [-0.25, -0.2) is 8.78 Å². The van der Waals surface area contributed by atoms with Crippen molar-refractivity contribution in [2.45, 2.75) is 7.43 Å². The molecule has 0 aliphatic heterocycles. The van der Waals surface area contributed by atoms with Crippen LogP contribution in [0, 0.1) is 34.3 Å². The van der Waals surface area contributed by atoms with E-state index in [-0.39, 0.29) is 38.1 Å². The molecule has 206 valence electrons. The molecule has 12 heteroatoms. The van der Waals surface area contributed by atoms with Crippen molar-refractivity contribution in [1.29, 1.82) is 10.5 Å². The topological polar surface area (TPSA) is 77.0 Å². The van der Waals surface area contributed by atoms with Gasteiger partial charge in [0.25, 0.3) is 0 Å². The summed E-state index contributed by atoms with van der Waals surface area (Å²) in [6.07, 6.45) is 0. The van der Waals surface area contributed by atoms with Crippen molar-refractivity contribution >= 4 is 73.7 Å². The average Bonchev–Trinajstić information content (AvgIpc) is 2.90. The third-order valence-electron chi connectivity index (χ3n) is 4.93. The number of aromatic hydroxyl groups is 1. The summed E-state index contributed by atoms with van der Waals surface area (Å²) >= 11 is 21.1. The molecule has 0 heterocycles. The van der Waals surface area contributed by atoms with E-state index in [9.17, 15) is 13.9 Å². The van der Waals surface area contributed by atoms with Crippen LogP contribution in [0.4, 0.5) is 8.78 Å². The van der Waals surface area contributed by atoms with E-state index < -0.39 is 11.6 Å². The van der Waals surface area contributed by atoms with Gasteiger partial charge in [0.2, 0.25) is 0 Å². The SMILES string of the molecule is BrB(Br)Br.C.COc1c(Cl)cccc1-c1ccc(C#N)cc1F.N#Cc1ccc(-c2cccc(Cl)c2O)c(F)c1. The third-order valence-corrected chi connectivity index (χ3v) is 5.54. The van der Waals surface area contributed by atoms with Gasteiger partial charge in [-0.3, -0.25) is 0 Å². The Balaban J connectivity index is 0.000000346. The predicted octanol–water partition coefficient (Wildman–Crippen LogP) is 10.5. The molecule has 4 aromatic carbocycles. The van der Waals surface area contributed by atoms with Crippen LogP contribution >= 0.6 is 70.5 Å². The van der Waals surface area contributed by atoms with Crippen LogP contribution < -0.4 is 4.74 Å². The third kappa shape index (κ3) is 9.80. The molecule has 0 saturated heterocycles. The molecule has 0 aromatic heterocycles. The van der Waals surface area contributed by atoms with Crippen LogP contribution in [0.25, 0.3) is 22.3 Å². The Bertz CT molecular complexity index is 1540. The lowest BCUT2D eigenvalue weighted by molar-refractivity contribution is 0.416. The normalized spacial score (nSPS) is 9.35. The Hall–Kier alpha value is -2.60. The van der Waals surface area contributed by atoms with Gasteiger partial charge in [0.15, 0.2) is 0 Å². The molecule has 40 heavy (non-hydrogen) atoms. The molecule has 0 atom stereocenters. The van der Waals surface area contributed by atoms with Gasteiger partial charge in [0.1, 0.15) is 23.1 Å². The molecular weight excluding hydrogens is 756 g/mol. The smallest absolute Gasteiger partial charge is 0.369 e. The highest BCUT2D eigenvalue weighted by Gasteiger charge is 2.14. The van der Waals surface area contributed by atoms with Crippen LogP contribution in [0.1, 0.15) is 18.6 Å². The van der Waals surface area contributed by atoms with E-state index in [1.165, 1.54) is 31.4 Å². The first kappa shape index (κ1) is 35.4. The molecule has 0 aliphatic rings. The molecule has 0 fully saturated rings. The fraction of sp³-hybridized carbons (Fsp3) is 0.0714. The summed E-state index contributed by atoms with van der Waals surface area (Å²) in [6.45, 7) is 0. The number of phenols is 1. The highest BCUT2D eigenvalue weighted by molar-refractivity contribution is 9.69. The number of benzene rings is 4. The van der Waals surface area contributed by atoms with Gasteiger partial charge >= 0.3 is 3.18 Å². The summed E-state index contributed by atoms with van der Waals surface area (Å²) in [4.78, 5) is 0. The van der Waals surface area contributed by atoms with Gasteiger partial charge in [-0.15, -0.1) is 47.3 Å². The van der Waals surface area contributed by atoms with E-state index in [1.54, 1.807) is 42.5 Å². The molecule has 0 saturated carbocycles. The second-order valence-electron chi connectivity index (χ2n) is 7.32. The molecular formula is C28H20BBr3Cl2F2N2O2. The van der Waals surface area contributed by atoms with Crippen LogP contribution in [0.2, 0.25) is 10.0 Å². The molecule has 0 unspecified atom stereocenters. The van der Waals surface area contributed by atoms with Gasteiger partial charge in [0, 0.05) is 22.3 Å². The molecule has 0 amide bonds. The minimum Gasteiger partial charge on any atom is -0.506 e. The van der Waals surface area contributed by atoms with Gasteiger partial charge in [-0.2, -0.15) is 10.5 Å². The van der Waals surface area contributed by atoms with Gasteiger partial charge < -0.3 is 9.84 Å². The van der Waals surface area contributed by atoms with Crippen LogP contribution in [0.5, 0.6) is 11.5 Å². The van der Waals surface area contributed by atoms with E-state index in [2.05, 4.69) is 47.3 Å². The van der Waals surface area contributed by atoms with Crippen molar-refractivity contribution in [2.75, 3.05) is 7.11 Å². The van der Waals surface area contributed by atoms with Crippen LogP contribution in [-0.2, 0) is 0 Å². The monoisotopic (exact) mass is 772 g/mol. The lowest BCUT2D eigenvalue weighted by Gasteiger charge is -2.11. The second kappa shape index (κ2) is 17.3. The van der Waals surface area contributed by atoms with Crippen molar-refractivity contribution in [3.63, 3.8) is 0 Å². The summed E-state index contributed by atoms with van der Waals surface area (Å²) in [5.74, 6) is -0.795. The van der Waals surface area contributed by atoms with E-state index in [4.69, 9.17) is 38.5 Å². The maximum Gasteiger partial charge on any atom is 0.369 e. The lowest BCUT2D eigenvalue weighted by atomic mass is 10.0. The summed E-state index contributed by atoms with van der Waals surface area (Å²) in [6, 6.07) is 21.9. The van der Waals surface area contributed by atoms with Gasteiger partial charge in [-0.1, -0.05) is 54.9 Å². The largest absolute Gasteiger partial charge is 0.506 e. The summed E-state index contributed by atoms with van der Waals surface area (Å²) in [5.41, 5.74) is 1.94. The van der Waals surface area contributed by atoms with Gasteiger partial charge in [-0.05, 0) is 48.5 Å². The van der Waals surface area contributed by atoms with Crippen LogP contribution in [0.3, 0.4) is 0 Å². The van der Waals surface area contributed by atoms with Gasteiger partial charge in [0.05, 0.1) is 40.4 Å². The predicted molar refractivity (Wildman–Crippen MR) is 171 cm³/mol. The highest BCUT2D eigenvalue weighted by Crippen LogP contribution is 2.38. The number of ether oxygens (including phenoxy) is 1. The van der Waals surface area contributed by atoms with E-state index in [1.807, 2.05) is 12.1 Å². The quantitative estimate of drug-likeness (QED) is 0.210. The minimum absolute atomic E-state index is 0. The Morgan fingerprint density at radius 2 is 1.18 bits per heavy atom. The maximum atomic E-state index is 13.9. The molecule has 1 N–H and O–H groups in total. The zero-order valence-electron chi connectivity index (χ0n) is 19.9. The number of phenolic OH excluding ortho intramolecular Hbond substituents is 1. The van der Waals surface area contributed by atoms with E-state index in [0.29, 0.717) is 27.5 Å². The fourth-order valence-corrected chi connectivity index (χ4v) is 3.69. The first-order valence-electron chi connectivity index (χ1n) is 10.7. The first-order chi connectivity index (χ1) is 18.5. The number of methoxy groups -OCH3 is 1. The summed E-state index contributed by atoms with van der Waals surface area (Å²) in [7, 11) is 1.48. The molecule has 0 aliphatic carbocycles. The molecule has 0 radical (unpaired) electrons. The number of hydrogen-bond acceptors (Lipinski definition) is 4. The first-order valence-corrected chi connectivity index (χ1v) is 14.2. The number of nitrogens with zero attached hydrogens (tertiary/aromatic N) is 2. The Kier molecular flexibility index (Phi) is 15.3. The fourth-order valence-electron chi connectivity index (χ4n) is 3.27. The number of nitriles is 2. The maximum absolute atomic E-state index is 13.9. The zero-order chi connectivity index (χ0) is 29.1. The molecule has 0 bridgehead atoms. The number of rotatable bonds is 3. The Morgan fingerprint density at radius 1 is 0.750 bits per heavy atom. The van der Waals surface area contributed by atoms with Crippen LogP contribution in [0.15, 0.2) is 72.8 Å². The highest BCUT2D eigenvalue weighted by atomic mass is 79.9. The molecule has 0 spiro atoms. The van der Waals surface area contributed by atoms with Crippen molar-refractivity contribution in [1.82, 2.24) is 0 Å². The zero-order valence-corrected chi connectivity index (χ0v) is 26.2. The van der Waals surface area contributed by atoms with Crippen molar-refractivity contribution in [3.8, 4) is 45.9 Å². The van der Waals surface area contributed by atoms with E-state index >= 15 is 0 Å². The van der Waals surface area contributed by atoms with Crippen molar-refractivity contribution in [2.24, 2.45) is 0 Å². The Morgan fingerprint density at radius 3 is 1.60 bits per heavy atom. The number of hydrogen-bond donors (Lipinski definition) is 1. The average molecular weight is 776 g/mol. The summed E-state index contributed by atoms with van der Waals surface area (Å²) < 4.78 is 33.1. The molecule has 4 rings (SSSR count). The lowest BCUT2D eigenvalue weighted by Crippen LogP contribution is -1.92. The molecule has 4 aromatic rings. The molecule has 4 nitrogen and oxygen atoms in total. The summed E-state index contributed by atoms with van der Waals surface area (Å²) in [5, 5.41) is 27.7. The van der Waals surface area contributed by atoms with E-state index in [0.717, 1.165) is 6.07 Å². The van der Waals surface area contributed by atoms with Crippen molar-refractivity contribution in [3.05, 3.63) is 106 Å². The standard InChI is InChI=1S/C14H9ClFNO.C13H7ClFNO.CH4.BBr3/c1-18-14-11(3-2-4-12(14)15)10-6-5-9(8-17)7-13(10)16;14-11-3-1-2-10(13(11)17)9-5-4-8(7-16)6-12(9)15;;2-1(3)4/h2-7H,1H3;1-6,17H;1H4;. The van der Waals surface area contributed by atoms with Crippen molar-refractivity contribution < 1.29 is 18.6 Å². The number of para-hydroxylation sites is 2.